The normalized spacial score (nSPS) is 12.6. The third-order valence-electron chi connectivity index (χ3n) is 2.58. The summed E-state index contributed by atoms with van der Waals surface area (Å²) in [5.74, 6) is 0.970. The molecular weight excluding hydrogens is 186 g/mol. The number of rotatable bonds is 4. The molecule has 1 aromatic carbocycles. The number of hydrogen-bond donors (Lipinski definition) is 1. The monoisotopic (exact) mass is 207 g/mol. The van der Waals surface area contributed by atoms with Gasteiger partial charge in [0, 0.05) is 11.6 Å². The molecule has 2 heteroatoms. The SMILES string of the molecule is CCOc1c(C)cc(C)cc1C(N)CC. The standard InChI is InChI=1S/C13H21NO/c1-5-12(14)11-8-9(3)7-10(4)13(11)15-6-2/h7-8,12H,5-6,14H2,1-4H3. The fourth-order valence-corrected chi connectivity index (χ4v) is 1.82. The van der Waals surface area contributed by atoms with E-state index < -0.39 is 0 Å². The first kappa shape index (κ1) is 12.1. The second kappa shape index (κ2) is 5.17. The van der Waals surface area contributed by atoms with Crippen molar-refractivity contribution in [2.24, 2.45) is 5.73 Å². The zero-order chi connectivity index (χ0) is 11.4. The molecule has 0 bridgehead atoms. The van der Waals surface area contributed by atoms with Crippen molar-refractivity contribution in [3.63, 3.8) is 0 Å². The van der Waals surface area contributed by atoms with Gasteiger partial charge in [-0.05, 0) is 32.8 Å². The van der Waals surface area contributed by atoms with Gasteiger partial charge >= 0.3 is 0 Å². The van der Waals surface area contributed by atoms with Crippen molar-refractivity contribution >= 4 is 0 Å². The lowest BCUT2D eigenvalue weighted by atomic mass is 9.98. The summed E-state index contributed by atoms with van der Waals surface area (Å²) in [6.45, 7) is 8.95. The summed E-state index contributed by atoms with van der Waals surface area (Å²) in [7, 11) is 0. The van der Waals surface area contributed by atoms with Crippen molar-refractivity contribution in [3.05, 3.63) is 28.8 Å². The Kier molecular flexibility index (Phi) is 4.15. The van der Waals surface area contributed by atoms with Crippen molar-refractivity contribution < 1.29 is 4.74 Å². The topological polar surface area (TPSA) is 35.2 Å². The second-order valence-corrected chi connectivity index (χ2v) is 3.95. The average Bonchev–Trinajstić information content (AvgIpc) is 2.20. The number of benzene rings is 1. The van der Waals surface area contributed by atoms with Crippen molar-refractivity contribution in [1.29, 1.82) is 0 Å². The summed E-state index contributed by atoms with van der Waals surface area (Å²) in [6, 6.07) is 4.34. The summed E-state index contributed by atoms with van der Waals surface area (Å²) in [6.07, 6.45) is 0.933. The highest BCUT2D eigenvalue weighted by Gasteiger charge is 2.13. The molecule has 0 amide bonds. The van der Waals surface area contributed by atoms with Gasteiger partial charge in [-0.3, -0.25) is 0 Å². The van der Waals surface area contributed by atoms with Crippen LogP contribution >= 0.6 is 0 Å². The van der Waals surface area contributed by atoms with Crippen LogP contribution in [0.1, 0.15) is 43.0 Å². The van der Waals surface area contributed by atoms with Gasteiger partial charge < -0.3 is 10.5 Å². The molecule has 2 nitrogen and oxygen atoms in total. The minimum absolute atomic E-state index is 0.0742. The lowest BCUT2D eigenvalue weighted by Gasteiger charge is -2.18. The molecular formula is C13H21NO. The van der Waals surface area contributed by atoms with E-state index in [0.29, 0.717) is 6.61 Å². The summed E-state index contributed by atoms with van der Waals surface area (Å²) >= 11 is 0. The largest absolute Gasteiger partial charge is 0.493 e. The zero-order valence-electron chi connectivity index (χ0n) is 10.1. The third kappa shape index (κ3) is 2.72. The van der Waals surface area contributed by atoms with Crippen LogP contribution in [0.25, 0.3) is 0 Å². The Balaban J connectivity index is 3.20. The fraction of sp³-hybridized carbons (Fsp3) is 0.538. The molecule has 0 heterocycles. The molecule has 15 heavy (non-hydrogen) atoms. The Labute approximate surface area is 92.4 Å². The average molecular weight is 207 g/mol. The van der Waals surface area contributed by atoms with E-state index in [-0.39, 0.29) is 6.04 Å². The van der Waals surface area contributed by atoms with Gasteiger partial charge in [-0.15, -0.1) is 0 Å². The number of hydrogen-bond acceptors (Lipinski definition) is 2. The molecule has 0 fully saturated rings. The van der Waals surface area contributed by atoms with Crippen LogP contribution in [0.3, 0.4) is 0 Å². The molecule has 1 rings (SSSR count). The Bertz CT molecular complexity index is 334. The quantitative estimate of drug-likeness (QED) is 0.823. The van der Waals surface area contributed by atoms with Gasteiger partial charge in [-0.25, -0.2) is 0 Å². The van der Waals surface area contributed by atoms with Crippen LogP contribution in [0.15, 0.2) is 12.1 Å². The highest BCUT2D eigenvalue weighted by molar-refractivity contribution is 5.45. The van der Waals surface area contributed by atoms with Crippen LogP contribution in [-0.4, -0.2) is 6.61 Å². The van der Waals surface area contributed by atoms with Crippen molar-refractivity contribution in [2.45, 2.75) is 40.2 Å². The molecule has 0 saturated heterocycles. The first-order chi connectivity index (χ1) is 7.10. The smallest absolute Gasteiger partial charge is 0.126 e. The Morgan fingerprint density at radius 2 is 1.93 bits per heavy atom. The van der Waals surface area contributed by atoms with Crippen LogP contribution in [0.2, 0.25) is 0 Å². The molecule has 0 aliphatic rings. The van der Waals surface area contributed by atoms with Gasteiger partial charge in [-0.1, -0.05) is 24.6 Å². The lowest BCUT2D eigenvalue weighted by Crippen LogP contribution is -2.12. The molecule has 0 saturated carbocycles. The van der Waals surface area contributed by atoms with E-state index in [4.69, 9.17) is 10.5 Å². The maximum absolute atomic E-state index is 6.08. The van der Waals surface area contributed by atoms with Crippen LogP contribution in [0.5, 0.6) is 5.75 Å². The molecule has 2 N–H and O–H groups in total. The van der Waals surface area contributed by atoms with E-state index in [1.807, 2.05) is 6.92 Å². The minimum Gasteiger partial charge on any atom is -0.493 e. The van der Waals surface area contributed by atoms with Crippen molar-refractivity contribution in [1.82, 2.24) is 0 Å². The highest BCUT2D eigenvalue weighted by atomic mass is 16.5. The second-order valence-electron chi connectivity index (χ2n) is 3.95. The van der Waals surface area contributed by atoms with E-state index in [1.54, 1.807) is 0 Å². The maximum Gasteiger partial charge on any atom is 0.126 e. The van der Waals surface area contributed by atoms with E-state index in [9.17, 15) is 0 Å². The van der Waals surface area contributed by atoms with E-state index >= 15 is 0 Å². The molecule has 1 unspecified atom stereocenters. The van der Waals surface area contributed by atoms with Crippen LogP contribution in [-0.2, 0) is 0 Å². The summed E-state index contributed by atoms with van der Waals surface area (Å²) in [4.78, 5) is 0. The van der Waals surface area contributed by atoms with Gasteiger partial charge in [0.15, 0.2) is 0 Å². The highest BCUT2D eigenvalue weighted by Crippen LogP contribution is 2.30. The molecule has 84 valence electrons. The number of aryl methyl sites for hydroxylation is 2. The van der Waals surface area contributed by atoms with E-state index in [2.05, 4.69) is 32.9 Å². The van der Waals surface area contributed by atoms with Crippen LogP contribution < -0.4 is 10.5 Å². The van der Waals surface area contributed by atoms with Gasteiger partial charge in [0.2, 0.25) is 0 Å². The Morgan fingerprint density at radius 1 is 1.27 bits per heavy atom. The molecule has 0 aromatic heterocycles. The molecule has 1 atom stereocenters. The Morgan fingerprint density at radius 3 is 2.47 bits per heavy atom. The summed E-state index contributed by atoms with van der Waals surface area (Å²) in [5.41, 5.74) is 9.64. The van der Waals surface area contributed by atoms with Gasteiger partial charge in [-0.2, -0.15) is 0 Å². The molecule has 1 aromatic rings. The maximum atomic E-state index is 6.08. The van der Waals surface area contributed by atoms with Gasteiger partial charge in [0.1, 0.15) is 5.75 Å². The molecule has 0 aliphatic carbocycles. The van der Waals surface area contributed by atoms with Crippen molar-refractivity contribution in [2.75, 3.05) is 6.61 Å². The predicted molar refractivity (Wildman–Crippen MR) is 64.3 cm³/mol. The third-order valence-corrected chi connectivity index (χ3v) is 2.58. The zero-order valence-corrected chi connectivity index (χ0v) is 10.1. The number of nitrogens with two attached hydrogens (primary N) is 1. The molecule has 0 spiro atoms. The van der Waals surface area contributed by atoms with E-state index in [1.165, 1.54) is 11.1 Å². The first-order valence-electron chi connectivity index (χ1n) is 5.59. The number of ether oxygens (including phenoxy) is 1. The van der Waals surface area contributed by atoms with Crippen LogP contribution in [0.4, 0.5) is 0 Å². The van der Waals surface area contributed by atoms with Gasteiger partial charge in [0.05, 0.1) is 6.61 Å². The van der Waals surface area contributed by atoms with E-state index in [0.717, 1.165) is 17.7 Å². The van der Waals surface area contributed by atoms with Crippen LogP contribution in [0, 0.1) is 13.8 Å². The molecule has 0 aliphatic heterocycles. The summed E-state index contributed by atoms with van der Waals surface area (Å²) in [5, 5.41) is 0. The molecule has 0 radical (unpaired) electrons. The summed E-state index contributed by atoms with van der Waals surface area (Å²) < 4.78 is 5.67. The van der Waals surface area contributed by atoms with Crippen molar-refractivity contribution in [3.8, 4) is 5.75 Å². The predicted octanol–water partition coefficient (Wildman–Crippen LogP) is 3.11. The van der Waals surface area contributed by atoms with Gasteiger partial charge in [0.25, 0.3) is 0 Å². The Hall–Kier alpha value is -1.02. The lowest BCUT2D eigenvalue weighted by molar-refractivity contribution is 0.331. The first-order valence-corrected chi connectivity index (χ1v) is 5.59. The fourth-order valence-electron chi connectivity index (χ4n) is 1.82. The minimum atomic E-state index is 0.0742.